The minimum Gasteiger partial charge on any atom is -0.452 e. The van der Waals surface area contributed by atoms with Crippen molar-refractivity contribution in [3.63, 3.8) is 0 Å². The second-order valence-corrected chi connectivity index (χ2v) is 10.2. The number of hydrogen-bond donors (Lipinski definition) is 1. The summed E-state index contributed by atoms with van der Waals surface area (Å²) in [6, 6.07) is 17.2. The number of imide groups is 1. The van der Waals surface area contributed by atoms with E-state index in [2.05, 4.69) is 15.4 Å². The van der Waals surface area contributed by atoms with E-state index in [4.69, 9.17) is 4.74 Å². The Morgan fingerprint density at radius 1 is 1.02 bits per heavy atom. The number of urea groups is 1. The van der Waals surface area contributed by atoms with Gasteiger partial charge in [-0.3, -0.25) is 14.6 Å². The summed E-state index contributed by atoms with van der Waals surface area (Å²) < 4.78 is 36.4. The van der Waals surface area contributed by atoms with Gasteiger partial charge in [0.15, 0.2) is 17.3 Å². The van der Waals surface area contributed by atoms with Gasteiger partial charge in [0.2, 0.25) is 11.8 Å². The molecule has 0 bridgehead atoms. The first kappa shape index (κ1) is 28.5. The van der Waals surface area contributed by atoms with Crippen molar-refractivity contribution in [3.05, 3.63) is 103 Å². The van der Waals surface area contributed by atoms with Crippen molar-refractivity contribution in [1.82, 2.24) is 19.5 Å². The number of carbonyl (C=O) groups is 3. The molecular formula is C32H26F2N6O4. The average Bonchev–Trinajstić information content (AvgIpc) is 3.49. The number of aryl methyl sites for hydroxylation is 1. The normalized spacial score (nSPS) is 15.1. The third-order valence-corrected chi connectivity index (χ3v) is 7.24. The molecule has 4 amide bonds. The molecule has 1 N–H and O–H groups in total. The summed E-state index contributed by atoms with van der Waals surface area (Å²) in [7, 11) is 0. The Balaban J connectivity index is 1.22. The Morgan fingerprint density at radius 2 is 1.82 bits per heavy atom. The summed E-state index contributed by atoms with van der Waals surface area (Å²) in [5.74, 6) is -3.81. The molecule has 222 valence electrons. The molecule has 0 saturated carbocycles. The van der Waals surface area contributed by atoms with Crippen molar-refractivity contribution in [3.8, 4) is 22.8 Å². The molecule has 1 fully saturated rings. The molecule has 1 atom stereocenters. The van der Waals surface area contributed by atoms with E-state index in [1.54, 1.807) is 36.0 Å². The first-order valence-electron chi connectivity index (χ1n) is 13.8. The van der Waals surface area contributed by atoms with Gasteiger partial charge in [0.1, 0.15) is 17.3 Å². The molecule has 0 radical (unpaired) electrons. The SMILES string of the molecule is CCN1CC(C(=O)Nc2ccc(Oc3cc(-c4cccc(C)n4)cn4nccc34)c(F)c2)C(=O)N(c2ccc(F)cc2)C1=O. The molecule has 1 saturated heterocycles. The van der Waals surface area contributed by atoms with Crippen LogP contribution in [0.15, 0.2) is 85.2 Å². The predicted molar refractivity (Wildman–Crippen MR) is 158 cm³/mol. The lowest BCUT2D eigenvalue weighted by atomic mass is 10.0. The van der Waals surface area contributed by atoms with Crippen molar-refractivity contribution in [2.24, 2.45) is 5.92 Å². The number of halogens is 2. The number of pyridine rings is 2. The number of anilines is 2. The van der Waals surface area contributed by atoms with Crippen LogP contribution in [0.1, 0.15) is 12.6 Å². The van der Waals surface area contributed by atoms with Gasteiger partial charge >= 0.3 is 6.03 Å². The average molecular weight is 597 g/mol. The summed E-state index contributed by atoms with van der Waals surface area (Å²) in [4.78, 5) is 46.2. The van der Waals surface area contributed by atoms with E-state index in [0.29, 0.717) is 17.0 Å². The number of aromatic nitrogens is 3. The molecule has 5 aromatic rings. The van der Waals surface area contributed by atoms with E-state index in [9.17, 15) is 18.8 Å². The van der Waals surface area contributed by atoms with Crippen molar-refractivity contribution >= 4 is 34.7 Å². The van der Waals surface area contributed by atoms with Gasteiger partial charge in [0.25, 0.3) is 0 Å². The van der Waals surface area contributed by atoms with Crippen LogP contribution in [0, 0.1) is 24.5 Å². The lowest BCUT2D eigenvalue weighted by molar-refractivity contribution is -0.132. The molecule has 1 aliphatic heterocycles. The van der Waals surface area contributed by atoms with Crippen molar-refractivity contribution in [2.75, 3.05) is 23.3 Å². The van der Waals surface area contributed by atoms with E-state index >= 15 is 4.39 Å². The van der Waals surface area contributed by atoms with Gasteiger partial charge in [0.05, 0.1) is 17.6 Å². The molecule has 0 aliphatic carbocycles. The number of benzene rings is 2. The van der Waals surface area contributed by atoms with Crippen LogP contribution >= 0.6 is 0 Å². The number of hydrogen-bond acceptors (Lipinski definition) is 6. The standard InChI is InChI=1S/C32H26F2N6O4/c1-3-38-18-24(31(42)40(32(38)43)23-10-7-21(33)8-11-23)30(41)37-22-9-12-28(25(34)16-22)44-29-15-20(17-39-27(29)13-14-35-39)26-6-4-5-19(2)36-26/h4-17,24H,3,18H2,1-2H3,(H,37,41). The molecule has 3 aromatic heterocycles. The van der Waals surface area contributed by atoms with Gasteiger partial charge in [-0.1, -0.05) is 6.07 Å². The molecule has 2 aromatic carbocycles. The Morgan fingerprint density at radius 3 is 2.55 bits per heavy atom. The second kappa shape index (κ2) is 11.6. The smallest absolute Gasteiger partial charge is 0.331 e. The fourth-order valence-corrected chi connectivity index (χ4v) is 4.99. The zero-order valence-electron chi connectivity index (χ0n) is 23.7. The minimum absolute atomic E-state index is 0.0909. The number of carbonyl (C=O) groups excluding carboxylic acids is 3. The molecule has 6 rings (SSSR count). The van der Waals surface area contributed by atoms with Crippen LogP contribution in [0.2, 0.25) is 0 Å². The molecule has 1 aliphatic rings. The van der Waals surface area contributed by atoms with Crippen molar-refractivity contribution in [1.29, 1.82) is 0 Å². The summed E-state index contributed by atoms with van der Waals surface area (Å²) in [5, 5.41) is 6.86. The van der Waals surface area contributed by atoms with Crippen LogP contribution in [0.4, 0.5) is 25.0 Å². The third-order valence-electron chi connectivity index (χ3n) is 7.24. The molecular weight excluding hydrogens is 570 g/mol. The van der Waals surface area contributed by atoms with Gasteiger partial charge < -0.3 is 15.0 Å². The topological polar surface area (TPSA) is 109 Å². The quantitative estimate of drug-likeness (QED) is 0.237. The van der Waals surface area contributed by atoms with Gasteiger partial charge in [-0.2, -0.15) is 5.10 Å². The number of rotatable bonds is 7. The Kier molecular flexibility index (Phi) is 7.48. The molecule has 4 heterocycles. The highest BCUT2D eigenvalue weighted by Gasteiger charge is 2.43. The number of amides is 4. The Bertz CT molecular complexity index is 1910. The van der Waals surface area contributed by atoms with Gasteiger partial charge in [0, 0.05) is 42.3 Å². The maximum Gasteiger partial charge on any atom is 0.331 e. The fraction of sp³-hybridized carbons (Fsp3) is 0.156. The van der Waals surface area contributed by atoms with Gasteiger partial charge in [-0.05, 0) is 74.5 Å². The predicted octanol–water partition coefficient (Wildman–Crippen LogP) is 5.82. The number of nitrogens with one attached hydrogen (secondary N) is 1. The van der Waals surface area contributed by atoms with Crippen LogP contribution < -0.4 is 15.0 Å². The summed E-state index contributed by atoms with van der Waals surface area (Å²) in [6.07, 6.45) is 3.40. The minimum atomic E-state index is -1.27. The molecule has 44 heavy (non-hydrogen) atoms. The van der Waals surface area contributed by atoms with E-state index in [-0.39, 0.29) is 30.2 Å². The number of fused-ring (bicyclic) bond motifs is 1. The van der Waals surface area contributed by atoms with Gasteiger partial charge in [-0.15, -0.1) is 0 Å². The van der Waals surface area contributed by atoms with E-state index < -0.39 is 35.4 Å². The maximum atomic E-state index is 15.3. The molecule has 1 unspecified atom stereocenters. The summed E-state index contributed by atoms with van der Waals surface area (Å²) >= 11 is 0. The Labute approximate surface area is 250 Å². The van der Waals surface area contributed by atoms with E-state index in [1.807, 2.05) is 25.1 Å². The largest absolute Gasteiger partial charge is 0.452 e. The zero-order chi connectivity index (χ0) is 31.0. The first-order valence-corrected chi connectivity index (χ1v) is 13.8. The number of ether oxygens (including phenoxy) is 1. The highest BCUT2D eigenvalue weighted by atomic mass is 19.1. The van der Waals surface area contributed by atoms with Gasteiger partial charge in [-0.25, -0.2) is 23.0 Å². The molecule has 10 nitrogen and oxygen atoms in total. The first-order chi connectivity index (χ1) is 21.2. The van der Waals surface area contributed by atoms with Crippen LogP contribution in [-0.4, -0.2) is 50.4 Å². The van der Waals surface area contributed by atoms with Crippen molar-refractivity contribution < 1.29 is 27.9 Å². The summed E-state index contributed by atoms with van der Waals surface area (Å²) in [6.45, 7) is 3.67. The maximum absolute atomic E-state index is 15.3. The monoisotopic (exact) mass is 596 g/mol. The third kappa shape index (κ3) is 5.44. The fourth-order valence-electron chi connectivity index (χ4n) is 4.99. The van der Waals surface area contributed by atoms with Crippen LogP contribution in [0.5, 0.6) is 11.5 Å². The summed E-state index contributed by atoms with van der Waals surface area (Å²) in [5.41, 5.74) is 3.09. The van der Waals surface area contributed by atoms with E-state index in [1.165, 1.54) is 29.2 Å². The highest BCUT2D eigenvalue weighted by molar-refractivity contribution is 6.23. The van der Waals surface area contributed by atoms with Crippen LogP contribution in [0.25, 0.3) is 16.8 Å². The molecule has 0 spiro atoms. The van der Waals surface area contributed by atoms with Crippen LogP contribution in [0.3, 0.4) is 0 Å². The molecule has 12 heteroatoms. The van der Waals surface area contributed by atoms with E-state index in [0.717, 1.165) is 34.4 Å². The zero-order valence-corrected chi connectivity index (χ0v) is 23.7. The lowest BCUT2D eigenvalue weighted by Crippen LogP contribution is -2.59. The second-order valence-electron chi connectivity index (χ2n) is 10.2. The lowest BCUT2D eigenvalue weighted by Gasteiger charge is -2.37. The van der Waals surface area contributed by atoms with Crippen molar-refractivity contribution in [2.45, 2.75) is 13.8 Å². The Hall–Kier alpha value is -5.65. The number of nitrogens with zero attached hydrogens (tertiary/aromatic N) is 5. The van der Waals surface area contributed by atoms with Crippen LogP contribution in [-0.2, 0) is 9.59 Å². The highest BCUT2D eigenvalue weighted by Crippen LogP contribution is 2.33.